The summed E-state index contributed by atoms with van der Waals surface area (Å²) in [6.45, 7) is 5.70. The van der Waals surface area contributed by atoms with Crippen molar-refractivity contribution in [3.8, 4) is 17.0 Å². The fourth-order valence-corrected chi connectivity index (χ4v) is 7.33. The summed E-state index contributed by atoms with van der Waals surface area (Å²) in [5.41, 5.74) is 2.32. The Balaban J connectivity index is 1.40. The van der Waals surface area contributed by atoms with Crippen LogP contribution in [0.25, 0.3) is 16.2 Å². The van der Waals surface area contributed by atoms with Gasteiger partial charge in [-0.15, -0.1) is 0 Å². The lowest BCUT2D eigenvalue weighted by molar-refractivity contribution is 0.0822. The smallest absolute Gasteiger partial charge is 0.194 e. The number of hydrogen-bond acceptors (Lipinski definition) is 6. The molecule has 1 aromatic carbocycles. The zero-order chi connectivity index (χ0) is 23.3. The van der Waals surface area contributed by atoms with Crippen molar-refractivity contribution < 1.29 is 9.84 Å². The summed E-state index contributed by atoms with van der Waals surface area (Å²) >= 11 is 3.35. The molecule has 1 N–H and O–H groups in total. The van der Waals surface area contributed by atoms with E-state index in [9.17, 15) is 5.11 Å². The van der Waals surface area contributed by atoms with Crippen LogP contribution in [0.2, 0.25) is 0 Å². The van der Waals surface area contributed by atoms with Crippen LogP contribution >= 0.6 is 23.3 Å². The summed E-state index contributed by atoms with van der Waals surface area (Å²) in [5.74, 6) is 2.91. The number of fused-ring (bicyclic) bond motifs is 1. The maximum atomic E-state index is 10.5. The van der Waals surface area contributed by atoms with Gasteiger partial charge in [0.05, 0.1) is 33.9 Å². The SMILES string of the molecule is COc1ccc(-c2c(C)nc3sc(C(C)(C)O)cn23)cc1SN(C)[C@H]1CC[C@@H](C2CC2)CC1. The first-order valence-corrected chi connectivity index (χ1v) is 13.6. The number of benzene rings is 1. The van der Waals surface area contributed by atoms with E-state index < -0.39 is 5.60 Å². The van der Waals surface area contributed by atoms with Gasteiger partial charge in [-0.05, 0) is 108 Å². The molecule has 0 radical (unpaired) electrons. The van der Waals surface area contributed by atoms with Gasteiger partial charge in [-0.25, -0.2) is 9.29 Å². The average Bonchev–Trinajstić information content (AvgIpc) is 3.47. The second-order valence-electron chi connectivity index (χ2n) is 10.3. The van der Waals surface area contributed by atoms with Gasteiger partial charge >= 0.3 is 0 Å². The highest BCUT2D eigenvalue weighted by Gasteiger charge is 2.35. The van der Waals surface area contributed by atoms with Gasteiger partial charge in [0.2, 0.25) is 0 Å². The van der Waals surface area contributed by atoms with Crippen LogP contribution in [0.15, 0.2) is 29.3 Å². The van der Waals surface area contributed by atoms with Gasteiger partial charge in [0.25, 0.3) is 0 Å². The topological polar surface area (TPSA) is 50.0 Å². The Bertz CT molecular complexity index is 1130. The molecule has 5 rings (SSSR count). The number of imidazole rings is 1. The molecular weight excluding hydrogens is 450 g/mol. The number of aromatic nitrogens is 2. The van der Waals surface area contributed by atoms with E-state index in [0.717, 1.165) is 49.3 Å². The lowest BCUT2D eigenvalue weighted by atomic mass is 9.83. The molecule has 33 heavy (non-hydrogen) atoms. The van der Waals surface area contributed by atoms with E-state index in [1.807, 2.05) is 20.0 Å². The highest BCUT2D eigenvalue weighted by molar-refractivity contribution is 7.97. The van der Waals surface area contributed by atoms with E-state index in [0.29, 0.717) is 6.04 Å². The monoisotopic (exact) mass is 485 g/mol. The minimum Gasteiger partial charge on any atom is -0.496 e. The minimum absolute atomic E-state index is 0.619. The third-order valence-corrected chi connectivity index (χ3v) is 9.72. The van der Waals surface area contributed by atoms with E-state index in [2.05, 4.69) is 40.9 Å². The number of nitrogens with zero attached hydrogens (tertiary/aromatic N) is 3. The molecule has 2 aliphatic rings. The molecule has 2 aromatic heterocycles. The maximum Gasteiger partial charge on any atom is 0.194 e. The largest absolute Gasteiger partial charge is 0.496 e. The predicted octanol–water partition coefficient (Wildman–Crippen LogP) is 6.51. The molecule has 0 spiro atoms. The van der Waals surface area contributed by atoms with Gasteiger partial charge < -0.3 is 9.84 Å². The quantitative estimate of drug-likeness (QED) is 0.386. The molecule has 2 aliphatic carbocycles. The number of hydrogen-bond donors (Lipinski definition) is 1. The minimum atomic E-state index is -0.876. The first-order valence-electron chi connectivity index (χ1n) is 12.0. The molecule has 0 bridgehead atoms. The van der Waals surface area contributed by atoms with Crippen molar-refractivity contribution in [3.63, 3.8) is 0 Å². The van der Waals surface area contributed by atoms with E-state index in [1.165, 1.54) is 38.5 Å². The summed E-state index contributed by atoms with van der Waals surface area (Å²) in [5, 5.41) is 10.5. The number of aliphatic hydroxyl groups is 1. The third kappa shape index (κ3) is 4.70. The second kappa shape index (κ2) is 8.91. The first-order chi connectivity index (χ1) is 15.7. The van der Waals surface area contributed by atoms with Crippen LogP contribution in [0.1, 0.15) is 62.9 Å². The number of aryl methyl sites for hydroxylation is 1. The summed E-state index contributed by atoms with van der Waals surface area (Å²) in [7, 11) is 3.98. The van der Waals surface area contributed by atoms with Crippen LogP contribution in [0, 0.1) is 18.8 Å². The Labute approximate surface area is 205 Å². The van der Waals surface area contributed by atoms with E-state index in [-0.39, 0.29) is 0 Å². The van der Waals surface area contributed by atoms with Gasteiger partial charge in [0.1, 0.15) is 5.75 Å². The fraction of sp³-hybridized carbons (Fsp3) is 0.577. The summed E-state index contributed by atoms with van der Waals surface area (Å²) < 4.78 is 10.3. The zero-order valence-corrected chi connectivity index (χ0v) is 21.9. The van der Waals surface area contributed by atoms with Gasteiger partial charge in [-0.3, -0.25) is 4.40 Å². The molecule has 7 heteroatoms. The highest BCUT2D eigenvalue weighted by atomic mass is 32.2. The Kier molecular flexibility index (Phi) is 6.27. The highest BCUT2D eigenvalue weighted by Crippen LogP contribution is 2.46. The van der Waals surface area contributed by atoms with Crippen LogP contribution < -0.4 is 4.74 Å². The molecule has 2 fully saturated rings. The number of methoxy groups -OCH3 is 1. The summed E-state index contributed by atoms with van der Waals surface area (Å²) in [4.78, 5) is 7.74. The molecule has 178 valence electrons. The Morgan fingerprint density at radius 1 is 1.15 bits per heavy atom. The van der Waals surface area contributed by atoms with Crippen LogP contribution in [0.5, 0.6) is 5.75 Å². The van der Waals surface area contributed by atoms with Gasteiger partial charge in [-0.1, -0.05) is 11.3 Å². The lowest BCUT2D eigenvalue weighted by Crippen LogP contribution is -2.31. The number of rotatable bonds is 7. The molecule has 3 aromatic rings. The molecule has 0 atom stereocenters. The maximum absolute atomic E-state index is 10.5. The van der Waals surface area contributed by atoms with Crippen LogP contribution in [-0.4, -0.2) is 39.0 Å². The molecule has 2 heterocycles. The molecule has 0 unspecified atom stereocenters. The Morgan fingerprint density at radius 2 is 1.82 bits per heavy atom. The average molecular weight is 486 g/mol. The fourth-order valence-electron chi connectivity index (χ4n) is 5.21. The molecular formula is C26H35N3O2S2. The van der Waals surface area contributed by atoms with Gasteiger partial charge in [0.15, 0.2) is 4.96 Å². The van der Waals surface area contributed by atoms with Crippen LogP contribution in [0.3, 0.4) is 0 Å². The van der Waals surface area contributed by atoms with E-state index in [4.69, 9.17) is 9.72 Å². The third-order valence-electron chi connectivity index (χ3n) is 7.33. The predicted molar refractivity (Wildman–Crippen MR) is 137 cm³/mol. The molecule has 0 amide bonds. The van der Waals surface area contributed by atoms with Crippen molar-refractivity contribution >= 4 is 28.2 Å². The number of ether oxygens (including phenoxy) is 1. The first kappa shape index (κ1) is 23.2. The Morgan fingerprint density at radius 3 is 2.42 bits per heavy atom. The normalized spacial score (nSPS) is 21.8. The molecule has 0 saturated heterocycles. The molecule has 5 nitrogen and oxygen atoms in total. The van der Waals surface area contributed by atoms with E-state index >= 15 is 0 Å². The van der Waals surface area contributed by atoms with Crippen molar-refractivity contribution in [1.82, 2.24) is 13.7 Å². The van der Waals surface area contributed by atoms with Gasteiger partial charge in [-0.2, -0.15) is 0 Å². The Hall–Kier alpha value is -1.54. The van der Waals surface area contributed by atoms with Crippen molar-refractivity contribution in [1.29, 1.82) is 0 Å². The van der Waals surface area contributed by atoms with Crippen molar-refractivity contribution in [2.45, 2.75) is 75.8 Å². The summed E-state index contributed by atoms with van der Waals surface area (Å²) in [6.07, 6.45) is 10.3. The van der Waals surface area contributed by atoms with Crippen molar-refractivity contribution in [3.05, 3.63) is 35.0 Å². The van der Waals surface area contributed by atoms with Crippen LogP contribution in [0.4, 0.5) is 0 Å². The standard InChI is InChI=1S/C26H35N3O2S2/c1-16-24(29-15-23(26(2,3)30)32-25(29)27-16)19-10-13-21(31-5)22(14-19)33-28(4)20-11-8-18(9-12-20)17-6-7-17/h10,13-15,17-18,20,30H,6-9,11-12H2,1-5H3/t18-,20+. The van der Waals surface area contributed by atoms with Crippen molar-refractivity contribution in [2.75, 3.05) is 14.2 Å². The zero-order valence-electron chi connectivity index (χ0n) is 20.3. The molecule has 2 saturated carbocycles. The van der Waals surface area contributed by atoms with Crippen molar-refractivity contribution in [2.24, 2.45) is 11.8 Å². The second-order valence-corrected chi connectivity index (χ2v) is 12.5. The summed E-state index contributed by atoms with van der Waals surface area (Å²) in [6, 6.07) is 7.03. The van der Waals surface area contributed by atoms with E-state index in [1.54, 1.807) is 30.4 Å². The van der Waals surface area contributed by atoms with Crippen LogP contribution in [-0.2, 0) is 5.60 Å². The van der Waals surface area contributed by atoms with Gasteiger partial charge in [0, 0.05) is 17.8 Å². The lowest BCUT2D eigenvalue weighted by Gasteiger charge is -2.34. The molecule has 0 aliphatic heterocycles. The number of thiazole rings is 1.